The Morgan fingerprint density at radius 1 is 1.58 bits per heavy atom. The predicted octanol–water partition coefficient (Wildman–Crippen LogP) is 2.24. The van der Waals surface area contributed by atoms with Gasteiger partial charge in [-0.15, -0.1) is 11.3 Å². The number of alkyl halides is 3. The minimum atomic E-state index is -1.74. The first-order chi connectivity index (χ1) is 5.50. The number of anilines is 1. The van der Waals surface area contributed by atoms with E-state index in [0.717, 1.165) is 0 Å². The van der Waals surface area contributed by atoms with Crippen molar-refractivity contribution in [2.75, 3.05) is 5.32 Å². The highest BCUT2D eigenvalue weighted by atomic mass is 35.6. The lowest BCUT2D eigenvalue weighted by Gasteiger charge is -2.19. The summed E-state index contributed by atoms with van der Waals surface area (Å²) in [7, 11) is 0. The van der Waals surface area contributed by atoms with Crippen molar-refractivity contribution in [1.82, 2.24) is 4.98 Å². The lowest BCUT2D eigenvalue weighted by Crippen LogP contribution is -2.33. The standard InChI is InChI=1S/C5H5Cl3N2OS/c6-5(7,8)3(11)10-4-9-1-2-12-4/h1-3,11H,(H,9,10). The van der Waals surface area contributed by atoms with E-state index in [1.807, 2.05) is 0 Å². The molecule has 2 N–H and O–H groups in total. The number of thiazole rings is 1. The molecule has 0 aliphatic rings. The van der Waals surface area contributed by atoms with Gasteiger partial charge in [-0.05, 0) is 0 Å². The Balaban J connectivity index is 2.53. The number of aliphatic hydroxyl groups is 1. The summed E-state index contributed by atoms with van der Waals surface area (Å²) in [5.74, 6) is 0. The highest BCUT2D eigenvalue weighted by Gasteiger charge is 2.31. The van der Waals surface area contributed by atoms with E-state index in [-0.39, 0.29) is 0 Å². The third-order valence-corrected chi connectivity index (χ3v) is 2.33. The van der Waals surface area contributed by atoms with E-state index >= 15 is 0 Å². The molecule has 1 aromatic rings. The average molecular weight is 248 g/mol. The third kappa shape index (κ3) is 2.95. The highest BCUT2D eigenvalue weighted by molar-refractivity contribution is 7.13. The van der Waals surface area contributed by atoms with Crippen LogP contribution in [0.4, 0.5) is 5.13 Å². The van der Waals surface area contributed by atoms with Crippen LogP contribution >= 0.6 is 46.1 Å². The van der Waals surface area contributed by atoms with Crippen molar-refractivity contribution in [2.24, 2.45) is 0 Å². The van der Waals surface area contributed by atoms with Gasteiger partial charge in [0.2, 0.25) is 3.79 Å². The van der Waals surface area contributed by atoms with Crippen LogP contribution in [0.5, 0.6) is 0 Å². The molecule has 0 bridgehead atoms. The van der Waals surface area contributed by atoms with Crippen molar-refractivity contribution < 1.29 is 5.11 Å². The zero-order chi connectivity index (χ0) is 9.19. The van der Waals surface area contributed by atoms with Crippen LogP contribution in [0.1, 0.15) is 0 Å². The van der Waals surface area contributed by atoms with E-state index in [0.29, 0.717) is 5.13 Å². The molecule has 0 saturated heterocycles. The fraction of sp³-hybridized carbons (Fsp3) is 0.400. The van der Waals surface area contributed by atoms with Gasteiger partial charge in [-0.25, -0.2) is 4.98 Å². The first-order valence-electron chi connectivity index (χ1n) is 2.91. The molecule has 0 aliphatic heterocycles. The Bertz CT molecular complexity index is 235. The van der Waals surface area contributed by atoms with Crippen molar-refractivity contribution in [3.05, 3.63) is 11.6 Å². The Hall–Kier alpha value is 0.260. The number of aromatic nitrogens is 1. The summed E-state index contributed by atoms with van der Waals surface area (Å²) in [6.45, 7) is 0. The molecule has 1 aromatic heterocycles. The summed E-state index contributed by atoms with van der Waals surface area (Å²) in [6.07, 6.45) is 0.326. The van der Waals surface area contributed by atoms with Gasteiger partial charge in [-0.1, -0.05) is 34.8 Å². The molecule has 0 aromatic carbocycles. The minimum Gasteiger partial charge on any atom is -0.369 e. The van der Waals surface area contributed by atoms with Crippen LogP contribution in [0.25, 0.3) is 0 Å². The van der Waals surface area contributed by atoms with Gasteiger partial charge in [0, 0.05) is 11.6 Å². The fourth-order valence-corrected chi connectivity index (χ4v) is 1.21. The van der Waals surface area contributed by atoms with Gasteiger partial charge in [0.1, 0.15) is 0 Å². The van der Waals surface area contributed by atoms with Crippen LogP contribution in [0.15, 0.2) is 11.6 Å². The molecule has 3 nitrogen and oxygen atoms in total. The molecular formula is C5H5Cl3N2OS. The topological polar surface area (TPSA) is 45.1 Å². The molecule has 0 spiro atoms. The Morgan fingerprint density at radius 3 is 2.67 bits per heavy atom. The van der Waals surface area contributed by atoms with Crippen LogP contribution < -0.4 is 5.32 Å². The van der Waals surface area contributed by atoms with E-state index in [1.54, 1.807) is 11.6 Å². The van der Waals surface area contributed by atoms with E-state index in [2.05, 4.69) is 10.3 Å². The van der Waals surface area contributed by atoms with E-state index < -0.39 is 10.0 Å². The van der Waals surface area contributed by atoms with Crippen molar-refractivity contribution in [1.29, 1.82) is 0 Å². The molecule has 0 saturated carbocycles. The minimum absolute atomic E-state index is 0.508. The number of rotatable bonds is 2. The molecule has 0 amide bonds. The molecule has 7 heteroatoms. The zero-order valence-electron chi connectivity index (χ0n) is 5.67. The maximum Gasteiger partial charge on any atom is 0.234 e. The molecule has 0 fully saturated rings. The quantitative estimate of drug-likeness (QED) is 0.622. The highest BCUT2D eigenvalue weighted by Crippen LogP contribution is 2.31. The smallest absolute Gasteiger partial charge is 0.234 e. The van der Waals surface area contributed by atoms with E-state index in [4.69, 9.17) is 34.8 Å². The maximum absolute atomic E-state index is 9.22. The maximum atomic E-state index is 9.22. The van der Waals surface area contributed by atoms with Gasteiger partial charge < -0.3 is 10.4 Å². The van der Waals surface area contributed by atoms with E-state index in [9.17, 15) is 5.11 Å². The molecule has 0 radical (unpaired) electrons. The second kappa shape index (κ2) is 3.98. The molecule has 1 unspecified atom stereocenters. The van der Waals surface area contributed by atoms with Crippen LogP contribution in [-0.2, 0) is 0 Å². The Kier molecular flexibility index (Phi) is 3.43. The third-order valence-electron chi connectivity index (χ3n) is 1.00. The molecule has 68 valence electrons. The number of hydrogen-bond acceptors (Lipinski definition) is 4. The first kappa shape index (κ1) is 10.3. The molecule has 12 heavy (non-hydrogen) atoms. The zero-order valence-corrected chi connectivity index (χ0v) is 8.75. The number of hydrogen-bond donors (Lipinski definition) is 2. The number of halogens is 3. The predicted molar refractivity (Wildman–Crippen MR) is 52.0 cm³/mol. The van der Waals surface area contributed by atoms with Gasteiger partial charge in [-0.3, -0.25) is 0 Å². The number of nitrogens with zero attached hydrogens (tertiary/aromatic N) is 1. The van der Waals surface area contributed by atoms with Gasteiger partial charge in [0.25, 0.3) is 0 Å². The van der Waals surface area contributed by atoms with Gasteiger partial charge >= 0.3 is 0 Å². The van der Waals surface area contributed by atoms with Gasteiger partial charge in [-0.2, -0.15) is 0 Å². The SMILES string of the molecule is OC(Nc1nccs1)C(Cl)(Cl)Cl. The van der Waals surface area contributed by atoms with E-state index in [1.165, 1.54) is 11.3 Å². The molecular weight excluding hydrogens is 242 g/mol. The molecule has 1 rings (SSSR count). The molecule has 1 atom stereocenters. The Morgan fingerprint density at radius 2 is 2.25 bits per heavy atom. The summed E-state index contributed by atoms with van der Waals surface area (Å²) >= 11 is 17.5. The number of aliphatic hydroxyl groups excluding tert-OH is 1. The average Bonchev–Trinajstić information content (AvgIpc) is 2.37. The van der Waals surface area contributed by atoms with Crippen LogP contribution in [0.3, 0.4) is 0 Å². The van der Waals surface area contributed by atoms with Crippen LogP contribution in [0.2, 0.25) is 0 Å². The summed E-state index contributed by atoms with van der Waals surface area (Å²) < 4.78 is -1.74. The lowest BCUT2D eigenvalue weighted by atomic mass is 10.6. The largest absolute Gasteiger partial charge is 0.369 e. The normalized spacial score (nSPS) is 14.3. The van der Waals surface area contributed by atoms with Crippen molar-refractivity contribution in [2.45, 2.75) is 10.0 Å². The van der Waals surface area contributed by atoms with Crippen molar-refractivity contribution in [3.63, 3.8) is 0 Å². The summed E-state index contributed by atoms with van der Waals surface area (Å²) in [6, 6.07) is 0. The van der Waals surface area contributed by atoms with Gasteiger partial charge in [0.05, 0.1) is 0 Å². The second-order valence-electron chi connectivity index (χ2n) is 1.93. The fourth-order valence-electron chi connectivity index (χ4n) is 0.494. The lowest BCUT2D eigenvalue weighted by molar-refractivity contribution is 0.208. The summed E-state index contributed by atoms with van der Waals surface area (Å²) in [5, 5.41) is 14.0. The van der Waals surface area contributed by atoms with Crippen LogP contribution in [0, 0.1) is 0 Å². The Labute approximate surface area is 88.3 Å². The van der Waals surface area contributed by atoms with Crippen molar-refractivity contribution >= 4 is 51.3 Å². The van der Waals surface area contributed by atoms with Crippen molar-refractivity contribution in [3.8, 4) is 0 Å². The van der Waals surface area contributed by atoms with Crippen LogP contribution in [-0.4, -0.2) is 20.1 Å². The van der Waals surface area contributed by atoms with Gasteiger partial charge in [0.15, 0.2) is 11.4 Å². The second-order valence-corrected chi connectivity index (χ2v) is 5.19. The summed E-state index contributed by atoms with van der Waals surface area (Å²) in [5.41, 5.74) is 0. The first-order valence-corrected chi connectivity index (χ1v) is 4.92. The number of nitrogens with one attached hydrogen (secondary N) is 1. The summed E-state index contributed by atoms with van der Waals surface area (Å²) in [4.78, 5) is 3.84. The molecule has 0 aliphatic carbocycles. The molecule has 1 heterocycles. The monoisotopic (exact) mass is 246 g/mol.